The Bertz CT molecular complexity index is 123. The number of hydrogen-bond acceptors (Lipinski definition) is 3. The van der Waals surface area contributed by atoms with E-state index in [0.717, 1.165) is 0 Å². The van der Waals surface area contributed by atoms with Gasteiger partial charge in [-0.15, -0.1) is 0 Å². The Kier molecular flexibility index (Phi) is 2.67. The fourth-order valence-electron chi connectivity index (χ4n) is 0.151. The van der Waals surface area contributed by atoms with Crippen molar-refractivity contribution in [2.24, 2.45) is 5.73 Å². The van der Waals surface area contributed by atoms with Crippen molar-refractivity contribution in [1.29, 1.82) is 0 Å². The Morgan fingerprint density at radius 2 is 2.50 bits per heavy atom. The van der Waals surface area contributed by atoms with Crippen molar-refractivity contribution in [3.63, 3.8) is 0 Å². The van der Waals surface area contributed by atoms with Crippen LogP contribution in [0.15, 0.2) is 0 Å². The van der Waals surface area contributed by atoms with Gasteiger partial charge >= 0.3 is 5.97 Å². The van der Waals surface area contributed by atoms with Crippen molar-refractivity contribution in [2.45, 2.75) is 13.0 Å². The van der Waals surface area contributed by atoms with Crippen molar-refractivity contribution in [2.75, 3.05) is 0 Å². The van der Waals surface area contributed by atoms with Crippen molar-refractivity contribution < 1.29 is 9.53 Å². The molecular formula is C5H7NO2. The molecule has 2 N–H and O–H groups in total. The maximum Gasteiger partial charge on any atom is 0.336 e. The summed E-state index contributed by atoms with van der Waals surface area (Å²) < 4.78 is 4.07. The van der Waals surface area contributed by atoms with Gasteiger partial charge in [-0.1, -0.05) is 6.42 Å². The van der Waals surface area contributed by atoms with Crippen molar-refractivity contribution in [3.8, 4) is 12.5 Å². The molecule has 0 saturated carbocycles. The summed E-state index contributed by atoms with van der Waals surface area (Å²) >= 11 is 0. The topological polar surface area (TPSA) is 52.3 Å². The van der Waals surface area contributed by atoms with Crippen molar-refractivity contribution >= 4 is 5.97 Å². The normalized spacial score (nSPS) is 11.6. The van der Waals surface area contributed by atoms with Crippen LogP contribution < -0.4 is 5.73 Å². The number of nitrogens with two attached hydrogens (primary N) is 1. The van der Waals surface area contributed by atoms with Gasteiger partial charge in [0.05, 0.1) is 0 Å². The molecular weight excluding hydrogens is 106 g/mol. The summed E-state index contributed by atoms with van der Waals surface area (Å²) in [6.45, 7) is 1.50. The fraction of sp³-hybridized carbons (Fsp3) is 0.400. The maximum atomic E-state index is 10.3. The Hall–Kier alpha value is -1.01. The maximum absolute atomic E-state index is 10.3. The first-order valence-corrected chi connectivity index (χ1v) is 2.10. The van der Waals surface area contributed by atoms with E-state index in [-0.39, 0.29) is 0 Å². The van der Waals surface area contributed by atoms with Gasteiger partial charge in [0.2, 0.25) is 0 Å². The van der Waals surface area contributed by atoms with Gasteiger partial charge in [-0.3, -0.25) is 0 Å². The molecule has 0 radical (unpaired) electrons. The summed E-state index contributed by atoms with van der Waals surface area (Å²) in [5.41, 5.74) is 5.05. The molecule has 0 unspecified atom stereocenters. The van der Waals surface area contributed by atoms with Gasteiger partial charge in [0.25, 0.3) is 0 Å². The minimum atomic E-state index is -0.633. The van der Waals surface area contributed by atoms with E-state index >= 15 is 0 Å². The molecule has 0 aromatic rings. The molecule has 0 aromatic carbocycles. The van der Waals surface area contributed by atoms with Gasteiger partial charge in [0.15, 0.2) is 0 Å². The summed E-state index contributed by atoms with van der Waals surface area (Å²) in [6, 6.07) is -0.633. The van der Waals surface area contributed by atoms with Crippen LogP contribution in [0, 0.1) is 12.5 Å². The second-order valence-electron chi connectivity index (χ2n) is 1.33. The zero-order valence-electron chi connectivity index (χ0n) is 4.55. The summed E-state index contributed by atoms with van der Waals surface area (Å²) in [7, 11) is 0. The lowest BCUT2D eigenvalue weighted by atomic mass is 10.4. The van der Waals surface area contributed by atoms with Gasteiger partial charge in [-0.2, -0.15) is 0 Å². The van der Waals surface area contributed by atoms with Crippen LogP contribution in [0.2, 0.25) is 0 Å². The first kappa shape index (κ1) is 6.99. The number of terminal acetylenes is 1. The number of esters is 1. The third-order valence-corrected chi connectivity index (χ3v) is 0.531. The number of rotatable bonds is 1. The quantitative estimate of drug-likeness (QED) is 0.367. The standard InChI is InChI=1S/C5H7NO2/c1-3-8-5(7)4(2)6/h1,4H,6H2,2H3/t4-/m0/s1. The first-order valence-electron chi connectivity index (χ1n) is 2.10. The van der Waals surface area contributed by atoms with Crippen LogP contribution >= 0.6 is 0 Å². The SMILES string of the molecule is C#COC(=O)[C@H](C)N. The molecule has 0 saturated heterocycles. The molecule has 44 valence electrons. The first-order chi connectivity index (χ1) is 3.68. The van der Waals surface area contributed by atoms with Gasteiger partial charge in [-0.25, -0.2) is 4.79 Å². The average Bonchev–Trinajstić information content (AvgIpc) is 1.67. The molecule has 0 fully saturated rings. The lowest BCUT2D eigenvalue weighted by Gasteiger charge is -1.96. The van der Waals surface area contributed by atoms with E-state index in [1.54, 1.807) is 6.11 Å². The molecule has 0 aliphatic carbocycles. The van der Waals surface area contributed by atoms with Crippen LogP contribution in [0.25, 0.3) is 0 Å². The highest BCUT2D eigenvalue weighted by Gasteiger charge is 2.05. The van der Waals surface area contributed by atoms with E-state index in [4.69, 9.17) is 5.73 Å². The van der Waals surface area contributed by atoms with E-state index in [1.165, 1.54) is 6.92 Å². The van der Waals surface area contributed by atoms with Gasteiger partial charge < -0.3 is 10.5 Å². The Labute approximate surface area is 47.8 Å². The molecule has 1 atom stereocenters. The highest BCUT2D eigenvalue weighted by atomic mass is 16.5. The zero-order chi connectivity index (χ0) is 6.57. The van der Waals surface area contributed by atoms with E-state index in [1.807, 2.05) is 0 Å². The van der Waals surface area contributed by atoms with Crippen LogP contribution in [0.5, 0.6) is 0 Å². The largest absolute Gasteiger partial charge is 0.371 e. The van der Waals surface area contributed by atoms with E-state index < -0.39 is 12.0 Å². The second-order valence-corrected chi connectivity index (χ2v) is 1.33. The monoisotopic (exact) mass is 113 g/mol. The molecule has 3 heteroatoms. The molecule has 0 aromatic heterocycles. The van der Waals surface area contributed by atoms with Gasteiger partial charge in [-0.05, 0) is 6.92 Å². The molecule has 8 heavy (non-hydrogen) atoms. The molecule has 0 rings (SSSR count). The van der Waals surface area contributed by atoms with E-state index in [2.05, 4.69) is 11.2 Å². The van der Waals surface area contributed by atoms with Crippen LogP contribution in [-0.4, -0.2) is 12.0 Å². The smallest absolute Gasteiger partial charge is 0.336 e. The summed E-state index contributed by atoms with van der Waals surface area (Å²) in [5, 5.41) is 0. The molecule has 0 heterocycles. The summed E-state index contributed by atoms with van der Waals surface area (Å²) in [6.07, 6.45) is 6.34. The van der Waals surface area contributed by atoms with Crippen LogP contribution in [0.1, 0.15) is 6.92 Å². The Morgan fingerprint density at radius 3 is 2.62 bits per heavy atom. The Morgan fingerprint density at radius 1 is 2.00 bits per heavy atom. The number of ether oxygens (including phenoxy) is 1. The lowest BCUT2D eigenvalue weighted by molar-refractivity contribution is -0.137. The third-order valence-electron chi connectivity index (χ3n) is 0.531. The minimum absolute atomic E-state index is 0.576. The molecule has 0 amide bonds. The van der Waals surface area contributed by atoms with Crippen molar-refractivity contribution in [3.05, 3.63) is 0 Å². The fourth-order valence-corrected chi connectivity index (χ4v) is 0.151. The Balaban J connectivity index is 3.53. The second kappa shape index (κ2) is 3.05. The van der Waals surface area contributed by atoms with Crippen LogP contribution in [0.3, 0.4) is 0 Å². The summed E-state index contributed by atoms with van der Waals surface area (Å²) in [4.78, 5) is 10.3. The molecule has 0 aliphatic rings. The molecule has 3 nitrogen and oxygen atoms in total. The summed E-state index contributed by atoms with van der Waals surface area (Å²) in [5.74, 6) is -0.576. The predicted octanol–water partition coefficient (Wildman–Crippen LogP) is -0.532. The van der Waals surface area contributed by atoms with Gasteiger partial charge in [0.1, 0.15) is 12.1 Å². The third kappa shape index (κ3) is 2.21. The highest BCUT2D eigenvalue weighted by Crippen LogP contribution is 1.78. The predicted molar refractivity (Wildman–Crippen MR) is 28.6 cm³/mol. The van der Waals surface area contributed by atoms with Crippen molar-refractivity contribution in [1.82, 2.24) is 0 Å². The molecule has 0 bridgehead atoms. The average molecular weight is 113 g/mol. The number of carbonyl (C=O) groups excluding carboxylic acids is 1. The lowest BCUT2D eigenvalue weighted by Crippen LogP contribution is -2.27. The number of hydrogen-bond donors (Lipinski definition) is 1. The molecule has 0 spiro atoms. The minimum Gasteiger partial charge on any atom is -0.371 e. The van der Waals surface area contributed by atoms with E-state index in [9.17, 15) is 4.79 Å². The zero-order valence-corrected chi connectivity index (χ0v) is 4.55. The van der Waals surface area contributed by atoms with Gasteiger partial charge in [0, 0.05) is 0 Å². The molecule has 0 aliphatic heterocycles. The van der Waals surface area contributed by atoms with Crippen LogP contribution in [-0.2, 0) is 9.53 Å². The van der Waals surface area contributed by atoms with Crippen LogP contribution in [0.4, 0.5) is 0 Å². The highest BCUT2D eigenvalue weighted by molar-refractivity contribution is 5.75. The van der Waals surface area contributed by atoms with E-state index in [0.29, 0.717) is 0 Å². The number of carbonyl (C=O) groups is 1.